The zero-order valence-corrected chi connectivity index (χ0v) is 10.7. The highest BCUT2D eigenvalue weighted by Crippen LogP contribution is 2.25. The fraction of sp³-hybridized carbons (Fsp3) is 0.636. The zero-order chi connectivity index (χ0) is 12.5. The molecule has 1 N–H and O–H groups in total. The monoisotopic (exact) mass is 244 g/mol. The number of carbonyl (C=O) groups is 1. The van der Waals surface area contributed by atoms with E-state index in [2.05, 4.69) is 5.10 Å². The van der Waals surface area contributed by atoms with Crippen LogP contribution in [0.5, 0.6) is 0 Å². The van der Waals surface area contributed by atoms with Crippen LogP contribution < -0.4 is 0 Å². The van der Waals surface area contributed by atoms with Gasteiger partial charge in [0.15, 0.2) is 0 Å². The topological polar surface area (TPSA) is 55.1 Å². The lowest BCUT2D eigenvalue weighted by Crippen LogP contribution is -2.36. The molecule has 1 aromatic rings. The van der Waals surface area contributed by atoms with Gasteiger partial charge in [0, 0.05) is 6.04 Å². The summed E-state index contributed by atoms with van der Waals surface area (Å²) in [4.78, 5) is 12.1. The van der Waals surface area contributed by atoms with Crippen molar-refractivity contribution >= 4 is 17.4 Å². The average Bonchev–Trinajstić information content (AvgIpc) is 2.59. The summed E-state index contributed by atoms with van der Waals surface area (Å²) in [7, 11) is 0. The molecule has 1 unspecified atom stereocenters. The summed E-state index contributed by atoms with van der Waals surface area (Å²) in [5.74, 6) is -0.383. The van der Waals surface area contributed by atoms with Gasteiger partial charge in [-0.25, -0.2) is 0 Å². The summed E-state index contributed by atoms with van der Waals surface area (Å²) >= 11 is 5.93. The molecule has 1 heterocycles. The van der Waals surface area contributed by atoms with Crippen LogP contribution in [0.15, 0.2) is 6.20 Å². The van der Waals surface area contributed by atoms with E-state index in [4.69, 9.17) is 11.6 Å². The molecule has 0 aliphatic heterocycles. The van der Waals surface area contributed by atoms with Crippen LogP contribution in [-0.4, -0.2) is 26.3 Å². The number of rotatable bonds is 4. The predicted octanol–water partition coefficient (Wildman–Crippen LogP) is 2.46. The van der Waals surface area contributed by atoms with Crippen LogP contribution in [-0.2, 0) is 0 Å². The number of aliphatic hydroxyl groups is 1. The lowest BCUT2D eigenvalue weighted by atomic mass is 9.95. The maximum atomic E-state index is 12.1. The fourth-order valence-corrected chi connectivity index (χ4v) is 1.58. The maximum absolute atomic E-state index is 12.1. The zero-order valence-electron chi connectivity index (χ0n) is 9.99. The molecule has 0 aliphatic rings. The second kappa shape index (κ2) is 4.55. The van der Waals surface area contributed by atoms with Crippen molar-refractivity contribution in [1.82, 2.24) is 9.78 Å². The Balaban J connectivity index is 3.22. The molecule has 0 bridgehead atoms. The van der Waals surface area contributed by atoms with Crippen molar-refractivity contribution in [3.8, 4) is 0 Å². The lowest BCUT2D eigenvalue weighted by Gasteiger charge is -2.21. The van der Waals surface area contributed by atoms with Crippen LogP contribution in [0.2, 0.25) is 5.02 Å². The van der Waals surface area contributed by atoms with Gasteiger partial charge in [-0.2, -0.15) is 5.10 Å². The molecular formula is C11H17ClN2O2. The second-order valence-electron chi connectivity index (χ2n) is 4.34. The fourth-order valence-electron chi connectivity index (χ4n) is 1.36. The highest BCUT2D eigenvalue weighted by Gasteiger charge is 2.33. The minimum Gasteiger partial charge on any atom is -0.382 e. The van der Waals surface area contributed by atoms with Crippen LogP contribution in [0.4, 0.5) is 0 Å². The number of hydrogen-bond donors (Lipinski definition) is 1. The van der Waals surface area contributed by atoms with Crippen LogP contribution in [0.1, 0.15) is 50.6 Å². The van der Waals surface area contributed by atoms with Gasteiger partial charge < -0.3 is 5.11 Å². The Kier molecular flexibility index (Phi) is 3.76. The quantitative estimate of drug-likeness (QED) is 0.828. The number of nitrogens with zero attached hydrogens (tertiary/aromatic N) is 2. The normalized spacial score (nSPS) is 15.2. The minimum atomic E-state index is -1.39. The number of carbonyl (C=O) groups excluding carboxylic acids is 1. The molecule has 0 saturated heterocycles. The highest BCUT2D eigenvalue weighted by atomic mass is 35.5. The first kappa shape index (κ1) is 13.2. The van der Waals surface area contributed by atoms with E-state index in [9.17, 15) is 9.90 Å². The number of hydrogen-bond acceptors (Lipinski definition) is 3. The van der Waals surface area contributed by atoms with Crippen LogP contribution in [0.25, 0.3) is 0 Å². The van der Waals surface area contributed by atoms with Crippen molar-refractivity contribution in [2.24, 2.45) is 0 Å². The Hall–Kier alpha value is -0.870. The Labute approximate surface area is 100 Å². The summed E-state index contributed by atoms with van der Waals surface area (Å²) < 4.78 is 1.54. The minimum absolute atomic E-state index is 0.0270. The first-order valence-electron chi connectivity index (χ1n) is 5.31. The van der Waals surface area contributed by atoms with Crippen molar-refractivity contribution in [3.63, 3.8) is 0 Å². The maximum Gasteiger partial charge on any atom is 0.213 e. The average molecular weight is 245 g/mol. The Morgan fingerprint density at radius 2 is 2.25 bits per heavy atom. The predicted molar refractivity (Wildman–Crippen MR) is 62.9 cm³/mol. The van der Waals surface area contributed by atoms with E-state index in [1.165, 1.54) is 17.8 Å². The second-order valence-corrected chi connectivity index (χ2v) is 4.74. The van der Waals surface area contributed by atoms with Gasteiger partial charge in [0.1, 0.15) is 11.3 Å². The van der Waals surface area contributed by atoms with Crippen molar-refractivity contribution < 1.29 is 9.90 Å². The molecule has 0 amide bonds. The Morgan fingerprint density at radius 3 is 2.69 bits per heavy atom. The van der Waals surface area contributed by atoms with E-state index in [-0.39, 0.29) is 22.5 Å². The highest BCUT2D eigenvalue weighted by molar-refractivity contribution is 6.34. The molecular weight excluding hydrogens is 228 g/mol. The molecule has 5 heteroatoms. The van der Waals surface area contributed by atoms with Crippen molar-refractivity contribution in [3.05, 3.63) is 16.9 Å². The van der Waals surface area contributed by atoms with Gasteiger partial charge in [0.2, 0.25) is 5.78 Å². The summed E-state index contributed by atoms with van der Waals surface area (Å²) in [6.45, 7) is 7.05. The molecule has 0 radical (unpaired) electrons. The summed E-state index contributed by atoms with van der Waals surface area (Å²) in [5.41, 5.74) is -1.11. The number of ketones is 1. The number of aromatic nitrogens is 2. The SMILES string of the molecule is CCC(C)(O)C(=O)c1c(Cl)cnn1C(C)C. The van der Waals surface area contributed by atoms with E-state index >= 15 is 0 Å². The molecule has 1 atom stereocenters. The van der Waals surface area contributed by atoms with E-state index < -0.39 is 5.60 Å². The molecule has 4 nitrogen and oxygen atoms in total. The van der Waals surface area contributed by atoms with Gasteiger partial charge in [-0.1, -0.05) is 18.5 Å². The van der Waals surface area contributed by atoms with E-state index in [1.807, 2.05) is 13.8 Å². The molecule has 1 rings (SSSR count). The first-order valence-corrected chi connectivity index (χ1v) is 5.69. The van der Waals surface area contributed by atoms with E-state index in [0.717, 1.165) is 0 Å². The summed E-state index contributed by atoms with van der Waals surface area (Å²) in [6, 6.07) is 0.0270. The molecule has 0 aromatic carbocycles. The molecule has 0 fully saturated rings. The van der Waals surface area contributed by atoms with Crippen LogP contribution in [0, 0.1) is 0 Å². The lowest BCUT2D eigenvalue weighted by molar-refractivity contribution is 0.0378. The van der Waals surface area contributed by atoms with Crippen LogP contribution in [0.3, 0.4) is 0 Å². The Morgan fingerprint density at radius 1 is 1.69 bits per heavy atom. The summed E-state index contributed by atoms with van der Waals surface area (Å²) in [5, 5.41) is 14.3. The molecule has 0 saturated carbocycles. The molecule has 1 aromatic heterocycles. The standard InChI is InChI=1S/C11H17ClN2O2/c1-5-11(4,16)10(15)9-8(12)6-13-14(9)7(2)3/h6-7,16H,5H2,1-4H3. The smallest absolute Gasteiger partial charge is 0.213 e. The van der Waals surface area contributed by atoms with Crippen molar-refractivity contribution in [1.29, 1.82) is 0 Å². The Bertz CT molecular complexity index is 397. The molecule has 0 aliphatic carbocycles. The first-order chi connectivity index (χ1) is 7.31. The third-order valence-electron chi connectivity index (χ3n) is 2.63. The third kappa shape index (κ3) is 2.28. The largest absolute Gasteiger partial charge is 0.382 e. The summed E-state index contributed by atoms with van der Waals surface area (Å²) in [6.07, 6.45) is 1.77. The number of halogens is 1. The van der Waals surface area contributed by atoms with Gasteiger partial charge in [0.25, 0.3) is 0 Å². The molecule has 90 valence electrons. The van der Waals surface area contributed by atoms with Crippen LogP contribution >= 0.6 is 11.6 Å². The van der Waals surface area contributed by atoms with E-state index in [0.29, 0.717) is 6.42 Å². The van der Waals surface area contributed by atoms with Gasteiger partial charge in [-0.15, -0.1) is 0 Å². The molecule has 0 spiro atoms. The third-order valence-corrected chi connectivity index (χ3v) is 2.91. The van der Waals surface area contributed by atoms with Gasteiger partial charge in [0.05, 0.1) is 11.2 Å². The van der Waals surface area contributed by atoms with Crippen molar-refractivity contribution in [2.45, 2.75) is 45.8 Å². The molecule has 16 heavy (non-hydrogen) atoms. The van der Waals surface area contributed by atoms with Gasteiger partial charge >= 0.3 is 0 Å². The van der Waals surface area contributed by atoms with Crippen molar-refractivity contribution in [2.75, 3.05) is 0 Å². The number of Topliss-reactive ketones (excluding diaryl/α,β-unsaturated/α-hetero) is 1. The van der Waals surface area contributed by atoms with E-state index in [1.54, 1.807) is 6.92 Å². The van der Waals surface area contributed by atoms with Gasteiger partial charge in [-0.3, -0.25) is 9.48 Å². The van der Waals surface area contributed by atoms with Gasteiger partial charge in [-0.05, 0) is 27.2 Å².